The summed E-state index contributed by atoms with van der Waals surface area (Å²) in [5.41, 5.74) is 0. The Morgan fingerprint density at radius 3 is 2.82 bits per heavy atom. The second kappa shape index (κ2) is 3.32. The predicted octanol–water partition coefficient (Wildman–Crippen LogP) is 0.285. The van der Waals surface area contributed by atoms with Gasteiger partial charge in [0.1, 0.15) is 0 Å². The van der Waals surface area contributed by atoms with Crippen LogP contribution < -0.4 is 4.72 Å². The summed E-state index contributed by atoms with van der Waals surface area (Å²) >= 11 is -2.19. The van der Waals surface area contributed by atoms with Crippen LogP contribution in [0.2, 0.25) is 0 Å². The van der Waals surface area contributed by atoms with Gasteiger partial charge in [-0.3, -0.25) is 14.1 Å². The zero-order chi connectivity index (χ0) is 8.43. The zero-order valence-electron chi connectivity index (χ0n) is 6.24. The maximum absolute atomic E-state index is 10.9. The third-order valence-electron chi connectivity index (χ3n) is 1.97. The van der Waals surface area contributed by atoms with E-state index in [1.807, 2.05) is 11.6 Å². The van der Waals surface area contributed by atoms with Crippen molar-refractivity contribution in [1.29, 1.82) is 0 Å². The van der Waals surface area contributed by atoms with Gasteiger partial charge in [0, 0.05) is 5.92 Å². The first-order valence-corrected chi connectivity index (χ1v) is 4.67. The summed E-state index contributed by atoms with van der Waals surface area (Å²) in [4.78, 5) is 10.9. The molecule has 2 N–H and O–H groups in total. The molecule has 0 heterocycles. The Bertz CT molecular complexity index is 194. The van der Waals surface area contributed by atoms with E-state index in [0.717, 1.165) is 12.8 Å². The molecule has 11 heavy (non-hydrogen) atoms. The largest absolute Gasteiger partial charge is 0.289 e. The van der Waals surface area contributed by atoms with Crippen LogP contribution in [-0.4, -0.2) is 14.7 Å². The lowest BCUT2D eigenvalue weighted by Crippen LogP contribution is -2.26. The first kappa shape index (κ1) is 8.67. The molecule has 1 aliphatic rings. The van der Waals surface area contributed by atoms with Gasteiger partial charge in [-0.15, -0.1) is 0 Å². The molecule has 0 bridgehead atoms. The number of carbonyl (C=O) groups excluding carboxylic acids is 1. The Morgan fingerprint density at radius 2 is 2.45 bits per heavy atom. The Hall–Kier alpha value is -0.420. The van der Waals surface area contributed by atoms with Crippen LogP contribution in [0.25, 0.3) is 0 Å². The van der Waals surface area contributed by atoms with Gasteiger partial charge < -0.3 is 0 Å². The van der Waals surface area contributed by atoms with Crippen molar-refractivity contribution < 1.29 is 13.6 Å². The molecule has 64 valence electrons. The van der Waals surface area contributed by atoms with Crippen molar-refractivity contribution >= 4 is 17.2 Å². The highest BCUT2D eigenvalue weighted by Gasteiger charge is 2.41. The van der Waals surface area contributed by atoms with Crippen molar-refractivity contribution in [2.75, 3.05) is 0 Å². The molecule has 0 saturated heterocycles. The van der Waals surface area contributed by atoms with E-state index < -0.39 is 11.3 Å². The minimum atomic E-state index is -2.19. The summed E-state index contributed by atoms with van der Waals surface area (Å²) in [7, 11) is 0. The molecule has 4 nitrogen and oxygen atoms in total. The molecule has 1 saturated carbocycles. The molecule has 0 aliphatic heterocycles. The highest BCUT2D eigenvalue weighted by Crippen LogP contribution is 2.40. The van der Waals surface area contributed by atoms with Crippen LogP contribution in [0.5, 0.6) is 0 Å². The van der Waals surface area contributed by atoms with Crippen LogP contribution in [-0.2, 0) is 16.1 Å². The van der Waals surface area contributed by atoms with Crippen molar-refractivity contribution in [3.63, 3.8) is 0 Å². The molecular formula is C6H11NO3S. The van der Waals surface area contributed by atoms with E-state index in [9.17, 15) is 9.00 Å². The summed E-state index contributed by atoms with van der Waals surface area (Å²) < 4.78 is 20.4. The molecule has 1 fully saturated rings. The van der Waals surface area contributed by atoms with Gasteiger partial charge in [-0.25, -0.2) is 4.21 Å². The first-order chi connectivity index (χ1) is 5.15. The second-order valence-corrected chi connectivity index (χ2v) is 3.43. The molecule has 0 aromatic rings. The minimum absolute atomic E-state index is 0.0175. The normalized spacial score (nSPS) is 31.1. The van der Waals surface area contributed by atoms with Gasteiger partial charge in [-0.05, 0) is 12.3 Å². The van der Waals surface area contributed by atoms with Crippen molar-refractivity contribution in [2.24, 2.45) is 11.8 Å². The van der Waals surface area contributed by atoms with E-state index in [2.05, 4.69) is 0 Å². The number of amides is 1. The quantitative estimate of drug-likeness (QED) is 0.609. The smallest absolute Gasteiger partial charge is 0.261 e. The molecule has 0 aromatic carbocycles. The standard InChI is InChI=1S/C6H11NO3S/c1-2-4-3-5(4)6(8)7-11(9)10/h4-5H,2-3H2,1H3,(H,7,8)(H,9,10)/t4-,5+/m1/s1. The SMILES string of the molecule is CC[C@@H]1C[C@@H]1C(=O)NS(=O)O. The van der Waals surface area contributed by atoms with Crippen LogP contribution in [0.4, 0.5) is 0 Å². The van der Waals surface area contributed by atoms with E-state index >= 15 is 0 Å². The van der Waals surface area contributed by atoms with Crippen molar-refractivity contribution in [1.82, 2.24) is 4.72 Å². The number of hydrogen-bond donors (Lipinski definition) is 2. The van der Waals surface area contributed by atoms with Gasteiger partial charge in [-0.2, -0.15) is 0 Å². The summed E-state index contributed by atoms with van der Waals surface area (Å²) in [6.45, 7) is 2.01. The molecule has 3 atom stereocenters. The Kier molecular flexibility index (Phi) is 2.62. The van der Waals surface area contributed by atoms with Crippen molar-refractivity contribution in [2.45, 2.75) is 19.8 Å². The lowest BCUT2D eigenvalue weighted by atomic mass is 10.2. The average Bonchev–Trinajstić information content (AvgIpc) is 2.63. The number of carbonyl (C=O) groups is 1. The van der Waals surface area contributed by atoms with Gasteiger partial charge >= 0.3 is 0 Å². The molecule has 0 aromatic heterocycles. The maximum Gasteiger partial charge on any atom is 0.261 e. The summed E-state index contributed by atoms with van der Waals surface area (Å²) in [6, 6.07) is 0. The summed E-state index contributed by atoms with van der Waals surface area (Å²) in [6.07, 6.45) is 1.83. The molecular weight excluding hydrogens is 166 g/mol. The third-order valence-corrected chi connectivity index (χ3v) is 2.35. The maximum atomic E-state index is 10.9. The van der Waals surface area contributed by atoms with Gasteiger partial charge in [0.05, 0.1) is 0 Å². The topological polar surface area (TPSA) is 66.4 Å². The number of hydrogen-bond acceptors (Lipinski definition) is 2. The molecule has 1 aliphatic carbocycles. The number of rotatable bonds is 3. The highest BCUT2D eigenvalue weighted by atomic mass is 32.2. The summed E-state index contributed by atoms with van der Waals surface area (Å²) in [5, 5.41) is 0. The fraction of sp³-hybridized carbons (Fsp3) is 0.833. The zero-order valence-corrected chi connectivity index (χ0v) is 7.06. The summed E-state index contributed by atoms with van der Waals surface area (Å²) in [5.74, 6) is 0.118. The van der Waals surface area contributed by atoms with E-state index in [0.29, 0.717) is 5.92 Å². The van der Waals surface area contributed by atoms with Crippen LogP contribution >= 0.6 is 0 Å². The van der Waals surface area contributed by atoms with Crippen molar-refractivity contribution in [3.8, 4) is 0 Å². The van der Waals surface area contributed by atoms with E-state index in [1.54, 1.807) is 0 Å². The lowest BCUT2D eigenvalue weighted by Gasteiger charge is -1.96. The molecule has 5 heteroatoms. The van der Waals surface area contributed by atoms with Gasteiger partial charge in [0.15, 0.2) is 0 Å². The van der Waals surface area contributed by atoms with E-state index in [1.165, 1.54) is 0 Å². The molecule has 1 unspecified atom stereocenters. The molecule has 0 radical (unpaired) electrons. The molecule has 1 amide bonds. The minimum Gasteiger partial charge on any atom is -0.289 e. The van der Waals surface area contributed by atoms with Gasteiger partial charge in [-0.1, -0.05) is 13.3 Å². The van der Waals surface area contributed by atoms with Gasteiger partial charge in [0.25, 0.3) is 11.3 Å². The fourth-order valence-electron chi connectivity index (χ4n) is 1.18. The predicted molar refractivity (Wildman–Crippen MR) is 40.8 cm³/mol. The van der Waals surface area contributed by atoms with E-state index in [-0.39, 0.29) is 11.8 Å². The highest BCUT2D eigenvalue weighted by molar-refractivity contribution is 7.77. The van der Waals surface area contributed by atoms with Crippen LogP contribution in [0.15, 0.2) is 0 Å². The fourth-order valence-corrected chi connectivity index (χ4v) is 1.51. The van der Waals surface area contributed by atoms with Crippen LogP contribution in [0.1, 0.15) is 19.8 Å². The first-order valence-electron chi connectivity index (χ1n) is 3.56. The lowest BCUT2D eigenvalue weighted by molar-refractivity contribution is -0.120. The monoisotopic (exact) mass is 177 g/mol. The average molecular weight is 177 g/mol. The molecule has 0 spiro atoms. The van der Waals surface area contributed by atoms with E-state index in [4.69, 9.17) is 4.55 Å². The second-order valence-electron chi connectivity index (χ2n) is 2.73. The number of nitrogens with one attached hydrogen (secondary N) is 1. The Morgan fingerprint density at radius 1 is 1.82 bits per heavy atom. The van der Waals surface area contributed by atoms with Crippen LogP contribution in [0.3, 0.4) is 0 Å². The van der Waals surface area contributed by atoms with Crippen LogP contribution in [0, 0.1) is 11.8 Å². The molecule has 1 rings (SSSR count). The third kappa shape index (κ3) is 2.27. The van der Waals surface area contributed by atoms with Crippen molar-refractivity contribution in [3.05, 3.63) is 0 Å². The van der Waals surface area contributed by atoms with Gasteiger partial charge in [0.2, 0.25) is 5.91 Å². The Labute approximate surface area is 67.8 Å². The Balaban J connectivity index is 2.28.